The number of rotatable bonds is 6. The monoisotopic (exact) mass is 569 g/mol. The smallest absolute Gasteiger partial charge is 0.414 e. The summed E-state index contributed by atoms with van der Waals surface area (Å²) in [5, 5.41) is 11.5. The minimum atomic E-state index is -0.713. The second-order valence-electron chi connectivity index (χ2n) is 12.5. The number of aliphatic imine (C=N–C) groups is 1. The summed E-state index contributed by atoms with van der Waals surface area (Å²) in [4.78, 5) is 45.9. The molecule has 2 unspecified atom stereocenters. The van der Waals surface area contributed by atoms with E-state index in [0.717, 1.165) is 55.7 Å². The molecular weight excluding hydrogens is 526 g/mol. The molecule has 12 heteroatoms. The number of benzene rings is 1. The summed E-state index contributed by atoms with van der Waals surface area (Å²) < 4.78 is 10.6. The van der Waals surface area contributed by atoms with E-state index in [4.69, 9.17) is 9.47 Å². The molecule has 0 aromatic heterocycles. The summed E-state index contributed by atoms with van der Waals surface area (Å²) in [6.45, 7) is 13.5. The van der Waals surface area contributed by atoms with Crippen molar-refractivity contribution < 1.29 is 23.9 Å². The van der Waals surface area contributed by atoms with Crippen molar-refractivity contribution >= 4 is 35.4 Å². The Bertz CT molecular complexity index is 1170. The number of carbonyl (C=O) groups excluding carboxylic acids is 3. The average Bonchev–Trinajstić information content (AvgIpc) is 3.44. The Kier molecular flexibility index (Phi) is 9.11. The number of amides is 4. The summed E-state index contributed by atoms with van der Waals surface area (Å²) in [7, 11) is 0. The van der Waals surface area contributed by atoms with E-state index in [1.165, 1.54) is 0 Å². The van der Waals surface area contributed by atoms with Crippen LogP contribution in [0.1, 0.15) is 66.4 Å². The lowest BCUT2D eigenvalue weighted by Crippen LogP contribution is -2.52. The number of anilines is 1. The summed E-state index contributed by atoms with van der Waals surface area (Å²) in [6, 6.07) is 8.12. The van der Waals surface area contributed by atoms with Gasteiger partial charge in [-0.1, -0.05) is 18.2 Å². The molecule has 2 atom stereocenters. The number of para-hydroxylation sites is 1. The van der Waals surface area contributed by atoms with Crippen LogP contribution in [0, 0.1) is 0 Å². The van der Waals surface area contributed by atoms with Gasteiger partial charge >= 0.3 is 18.2 Å². The quantitative estimate of drug-likeness (QED) is 0.230. The van der Waals surface area contributed by atoms with Gasteiger partial charge < -0.3 is 25.0 Å². The van der Waals surface area contributed by atoms with Gasteiger partial charge in [-0.15, -0.1) is 0 Å². The lowest BCUT2D eigenvalue weighted by Gasteiger charge is -2.33. The van der Waals surface area contributed by atoms with Crippen molar-refractivity contribution in [3.63, 3.8) is 0 Å². The first-order valence-corrected chi connectivity index (χ1v) is 14.2. The number of likely N-dealkylation sites (tertiary alicyclic amines) is 1. The summed E-state index contributed by atoms with van der Waals surface area (Å²) in [5.74, 6) is -0.0137. The third kappa shape index (κ3) is 8.59. The van der Waals surface area contributed by atoms with Crippen LogP contribution >= 0.6 is 0 Å². The first-order valence-electron chi connectivity index (χ1n) is 14.2. The van der Waals surface area contributed by atoms with E-state index >= 15 is 0 Å². The van der Waals surface area contributed by atoms with Crippen molar-refractivity contribution in [3.8, 4) is 0 Å². The molecule has 3 aliphatic rings. The highest BCUT2D eigenvalue weighted by molar-refractivity contribution is 6.01. The van der Waals surface area contributed by atoms with Crippen LogP contribution in [0.25, 0.3) is 5.57 Å². The zero-order chi connectivity index (χ0) is 29.8. The third-order valence-electron chi connectivity index (χ3n) is 6.66. The molecule has 0 spiro atoms. The van der Waals surface area contributed by atoms with Crippen molar-refractivity contribution in [1.29, 1.82) is 0 Å². The molecule has 3 aliphatic heterocycles. The van der Waals surface area contributed by atoms with Crippen molar-refractivity contribution in [3.05, 3.63) is 36.0 Å². The fourth-order valence-corrected chi connectivity index (χ4v) is 4.98. The molecular formula is C29H43N7O5. The van der Waals surface area contributed by atoms with Crippen LogP contribution in [0.3, 0.4) is 0 Å². The zero-order valence-electron chi connectivity index (χ0n) is 24.9. The number of fused-ring (bicyclic) bond motifs is 3. The number of carbonyl (C=O) groups is 3. The molecule has 0 radical (unpaired) electrons. The second kappa shape index (κ2) is 12.4. The molecule has 4 amide bonds. The Hall–Kier alpha value is -3.80. The van der Waals surface area contributed by atoms with Crippen molar-refractivity contribution in [1.82, 2.24) is 25.8 Å². The first-order chi connectivity index (χ1) is 19.3. The summed E-state index contributed by atoms with van der Waals surface area (Å²) >= 11 is 0. The van der Waals surface area contributed by atoms with Gasteiger partial charge in [0.1, 0.15) is 17.4 Å². The van der Waals surface area contributed by atoms with Gasteiger partial charge in [-0.3, -0.25) is 20.5 Å². The molecule has 3 heterocycles. The van der Waals surface area contributed by atoms with Gasteiger partial charge in [-0.2, -0.15) is 0 Å². The first kappa shape index (κ1) is 30.2. The number of unbranched alkanes of at least 4 members (excludes halogenated alkanes) is 1. The van der Waals surface area contributed by atoms with Crippen LogP contribution in [0.5, 0.6) is 0 Å². The zero-order valence-corrected chi connectivity index (χ0v) is 24.9. The standard InChI is InChI=1S/C29H43N7O5/c1-28(2,3)40-26(38)33-24(34-27(39)41-29(4,5)6)30-14-9-10-15-35-16-13-19(17-35)36-18-21-20-11-7-8-12-22(20)31-23(21)32-25(36)37/h7-8,11-12,18-19,23,31H,9-10,13-17H2,1-6H3,(H,32,37)(H2,30,33,34,38,39). The molecule has 224 valence electrons. The minimum absolute atomic E-state index is 0.0137. The molecule has 0 aliphatic carbocycles. The number of hydrogen-bond acceptors (Lipinski definition) is 8. The normalized spacial score (nSPS) is 20.2. The molecule has 0 bridgehead atoms. The fraction of sp³-hybridized carbons (Fsp3) is 0.586. The van der Waals surface area contributed by atoms with E-state index < -0.39 is 23.4 Å². The largest absolute Gasteiger partial charge is 0.444 e. The number of alkyl carbamates (subject to hydrolysis) is 2. The van der Waals surface area contributed by atoms with E-state index in [2.05, 4.69) is 37.2 Å². The van der Waals surface area contributed by atoms with E-state index in [1.807, 2.05) is 29.3 Å². The van der Waals surface area contributed by atoms with Crippen LogP contribution in [-0.4, -0.2) is 83.6 Å². The average molecular weight is 570 g/mol. The number of hydrogen-bond donors (Lipinski definition) is 4. The maximum Gasteiger partial charge on any atom is 0.414 e. The molecule has 4 N–H and O–H groups in total. The Labute approximate surface area is 241 Å². The predicted molar refractivity (Wildman–Crippen MR) is 157 cm³/mol. The molecule has 1 aromatic rings. The van der Waals surface area contributed by atoms with Crippen LogP contribution in [0.15, 0.2) is 35.5 Å². The van der Waals surface area contributed by atoms with E-state index in [-0.39, 0.29) is 24.2 Å². The number of ether oxygens (including phenoxy) is 2. The SMILES string of the molecule is CC(C)(C)OC(=O)NC(=NCCCCN1CCC(N2C=C3c4ccccc4NC3NC2=O)C1)NC(=O)OC(C)(C)C. The lowest BCUT2D eigenvalue weighted by molar-refractivity contribution is 0.0545. The van der Waals surface area contributed by atoms with E-state index in [1.54, 1.807) is 41.5 Å². The van der Waals surface area contributed by atoms with Gasteiger partial charge in [0.25, 0.3) is 0 Å². The van der Waals surface area contributed by atoms with Gasteiger partial charge in [-0.05, 0) is 73.4 Å². The molecule has 1 fully saturated rings. The Morgan fingerprint density at radius 3 is 2.32 bits per heavy atom. The molecule has 1 saturated heterocycles. The predicted octanol–water partition coefficient (Wildman–Crippen LogP) is 4.06. The van der Waals surface area contributed by atoms with Gasteiger partial charge in [-0.25, -0.2) is 14.4 Å². The Morgan fingerprint density at radius 2 is 1.66 bits per heavy atom. The number of nitrogens with zero attached hydrogens (tertiary/aromatic N) is 3. The maximum absolute atomic E-state index is 12.9. The van der Waals surface area contributed by atoms with Crippen LogP contribution in [0.2, 0.25) is 0 Å². The topological polar surface area (TPSA) is 137 Å². The maximum atomic E-state index is 12.9. The van der Waals surface area contributed by atoms with E-state index in [0.29, 0.717) is 6.54 Å². The summed E-state index contributed by atoms with van der Waals surface area (Å²) in [6.07, 6.45) is 2.91. The number of guanidine groups is 1. The minimum Gasteiger partial charge on any atom is -0.444 e. The van der Waals surface area contributed by atoms with Gasteiger partial charge in [0.2, 0.25) is 5.96 Å². The van der Waals surface area contributed by atoms with Gasteiger partial charge in [0.15, 0.2) is 0 Å². The van der Waals surface area contributed by atoms with Gasteiger partial charge in [0.05, 0.1) is 6.04 Å². The van der Waals surface area contributed by atoms with Crippen LogP contribution in [-0.2, 0) is 9.47 Å². The second-order valence-corrected chi connectivity index (χ2v) is 12.5. The van der Waals surface area contributed by atoms with Gasteiger partial charge in [0, 0.05) is 42.7 Å². The van der Waals surface area contributed by atoms with Crippen LogP contribution in [0.4, 0.5) is 20.1 Å². The fourth-order valence-electron chi connectivity index (χ4n) is 4.98. The van der Waals surface area contributed by atoms with E-state index in [9.17, 15) is 14.4 Å². The highest BCUT2D eigenvalue weighted by atomic mass is 16.6. The third-order valence-corrected chi connectivity index (χ3v) is 6.66. The van der Waals surface area contributed by atoms with Crippen molar-refractivity contribution in [2.24, 2.45) is 4.99 Å². The highest BCUT2D eigenvalue weighted by Crippen LogP contribution is 2.36. The highest BCUT2D eigenvalue weighted by Gasteiger charge is 2.37. The summed E-state index contributed by atoms with van der Waals surface area (Å²) in [5.41, 5.74) is 1.86. The lowest BCUT2D eigenvalue weighted by atomic mass is 10.1. The van der Waals surface area contributed by atoms with Crippen molar-refractivity contribution in [2.45, 2.75) is 84.2 Å². The van der Waals surface area contributed by atoms with Crippen LogP contribution < -0.4 is 21.3 Å². The van der Waals surface area contributed by atoms with Crippen molar-refractivity contribution in [2.75, 3.05) is 31.5 Å². The Morgan fingerprint density at radius 1 is 1.00 bits per heavy atom. The number of nitrogens with one attached hydrogen (secondary N) is 4. The Balaban J connectivity index is 1.26. The molecule has 4 rings (SSSR count). The number of urea groups is 1. The molecule has 0 saturated carbocycles. The molecule has 12 nitrogen and oxygen atoms in total. The molecule has 41 heavy (non-hydrogen) atoms. The molecule has 1 aromatic carbocycles.